The van der Waals surface area contributed by atoms with E-state index in [-0.39, 0.29) is 23.5 Å². The highest BCUT2D eigenvalue weighted by molar-refractivity contribution is 5.47. The Hall–Kier alpha value is -1.90. The Balaban J connectivity index is 3.34. The van der Waals surface area contributed by atoms with E-state index >= 15 is 0 Å². The highest BCUT2D eigenvalue weighted by Gasteiger charge is 2.21. The number of ether oxygens (including phenoxy) is 1. The third-order valence-electron chi connectivity index (χ3n) is 1.81. The van der Waals surface area contributed by atoms with Gasteiger partial charge in [-0.05, 0) is 0 Å². The normalized spacial score (nSPS) is 10.1. The van der Waals surface area contributed by atoms with Crippen LogP contribution in [0.15, 0.2) is 6.20 Å². The van der Waals surface area contributed by atoms with Crippen LogP contribution in [-0.4, -0.2) is 17.2 Å². The topological polar surface area (TPSA) is 66.1 Å². The molecule has 1 N–H and O–H groups in total. The molecule has 15 heavy (non-hydrogen) atoms. The van der Waals surface area contributed by atoms with Gasteiger partial charge in [-0.25, -0.2) is 13.8 Å². The van der Waals surface area contributed by atoms with E-state index in [1.807, 2.05) is 0 Å². The smallest absolute Gasteiger partial charge is 0.284 e. The van der Waals surface area contributed by atoms with Gasteiger partial charge in [0.05, 0.1) is 31.4 Å². The molecule has 0 aromatic carbocycles. The molecule has 1 heterocycles. The molecule has 4 nitrogen and oxygen atoms in total. The molecule has 0 amide bonds. The van der Waals surface area contributed by atoms with Gasteiger partial charge in [0.2, 0.25) is 0 Å². The fraction of sp³-hybridized carbons (Fsp3) is 0.333. The van der Waals surface area contributed by atoms with E-state index < -0.39 is 12.1 Å². The van der Waals surface area contributed by atoms with Crippen molar-refractivity contribution in [1.82, 2.24) is 4.98 Å². The van der Waals surface area contributed by atoms with Gasteiger partial charge in [0, 0.05) is 0 Å². The van der Waals surface area contributed by atoms with Crippen molar-refractivity contribution >= 4 is 0 Å². The maximum atomic E-state index is 12.5. The van der Waals surface area contributed by atoms with Crippen molar-refractivity contribution in [3.8, 4) is 17.6 Å². The Morgan fingerprint density at radius 1 is 1.67 bits per heavy atom. The van der Waals surface area contributed by atoms with Crippen LogP contribution in [0.2, 0.25) is 0 Å². The number of methoxy groups -OCH3 is 1. The van der Waals surface area contributed by atoms with Crippen LogP contribution in [0.4, 0.5) is 8.78 Å². The minimum Gasteiger partial charge on any atom is -0.506 e. The highest BCUT2D eigenvalue weighted by Crippen LogP contribution is 2.34. The summed E-state index contributed by atoms with van der Waals surface area (Å²) in [7, 11) is 1.18. The molecule has 0 fully saturated rings. The largest absolute Gasteiger partial charge is 0.506 e. The molecule has 6 heteroatoms. The van der Waals surface area contributed by atoms with Crippen LogP contribution in [0.25, 0.3) is 0 Å². The van der Waals surface area contributed by atoms with Gasteiger partial charge in [-0.1, -0.05) is 0 Å². The van der Waals surface area contributed by atoms with Crippen molar-refractivity contribution in [3.05, 3.63) is 17.5 Å². The maximum absolute atomic E-state index is 12.5. The van der Waals surface area contributed by atoms with Gasteiger partial charge >= 0.3 is 0 Å². The van der Waals surface area contributed by atoms with Gasteiger partial charge in [-0.2, -0.15) is 5.26 Å². The Morgan fingerprint density at radius 3 is 2.80 bits per heavy atom. The average Bonchev–Trinajstić information content (AvgIpc) is 2.20. The predicted molar refractivity (Wildman–Crippen MR) is 46.7 cm³/mol. The van der Waals surface area contributed by atoms with Crippen LogP contribution in [0, 0.1) is 11.3 Å². The van der Waals surface area contributed by atoms with Crippen molar-refractivity contribution in [3.63, 3.8) is 0 Å². The summed E-state index contributed by atoms with van der Waals surface area (Å²) >= 11 is 0. The molecule has 0 aliphatic rings. The first-order valence-electron chi connectivity index (χ1n) is 4.01. The van der Waals surface area contributed by atoms with Crippen LogP contribution < -0.4 is 4.74 Å². The minimum absolute atomic E-state index is 0.0327. The van der Waals surface area contributed by atoms with E-state index in [1.54, 1.807) is 6.07 Å². The Bertz CT molecular complexity index is 402. The lowest BCUT2D eigenvalue weighted by molar-refractivity contribution is 0.141. The fourth-order valence-corrected chi connectivity index (χ4v) is 1.17. The van der Waals surface area contributed by atoms with Crippen LogP contribution in [-0.2, 0) is 6.42 Å². The molecule has 0 unspecified atom stereocenters. The second-order valence-corrected chi connectivity index (χ2v) is 2.68. The fourth-order valence-electron chi connectivity index (χ4n) is 1.17. The zero-order valence-corrected chi connectivity index (χ0v) is 7.87. The molecule has 0 saturated carbocycles. The average molecular weight is 214 g/mol. The van der Waals surface area contributed by atoms with Gasteiger partial charge in [0.15, 0.2) is 5.75 Å². The quantitative estimate of drug-likeness (QED) is 0.833. The molecule has 0 atom stereocenters. The van der Waals surface area contributed by atoms with E-state index in [2.05, 4.69) is 4.98 Å². The van der Waals surface area contributed by atoms with E-state index in [9.17, 15) is 13.9 Å². The number of hydrogen-bond acceptors (Lipinski definition) is 4. The molecule has 1 rings (SSSR count). The molecular weight excluding hydrogens is 206 g/mol. The number of aromatic hydroxyl groups is 1. The molecule has 0 radical (unpaired) electrons. The number of pyridine rings is 1. The molecule has 80 valence electrons. The minimum atomic E-state index is -2.81. The maximum Gasteiger partial charge on any atom is 0.284 e. The van der Waals surface area contributed by atoms with Crippen LogP contribution >= 0.6 is 0 Å². The van der Waals surface area contributed by atoms with Gasteiger partial charge < -0.3 is 9.84 Å². The van der Waals surface area contributed by atoms with E-state index in [0.29, 0.717) is 0 Å². The zero-order valence-electron chi connectivity index (χ0n) is 7.87. The number of hydrogen-bond donors (Lipinski definition) is 1. The molecule has 0 aliphatic carbocycles. The summed E-state index contributed by atoms with van der Waals surface area (Å²) in [6, 6.07) is 1.75. The monoisotopic (exact) mass is 214 g/mol. The standard InChI is InChI=1S/C9H8F2N2O2/c1-15-8-5(2-3-12)6(14)4-13-7(8)9(10)11/h4,9,14H,2H2,1H3. The Kier molecular flexibility index (Phi) is 3.39. The van der Waals surface area contributed by atoms with E-state index in [1.165, 1.54) is 7.11 Å². The molecule has 0 spiro atoms. The third kappa shape index (κ3) is 2.13. The van der Waals surface area contributed by atoms with Gasteiger partial charge in [0.25, 0.3) is 6.43 Å². The van der Waals surface area contributed by atoms with E-state index in [4.69, 9.17) is 10.00 Å². The Labute approximate surface area is 84.7 Å². The number of aromatic nitrogens is 1. The first-order chi connectivity index (χ1) is 7.11. The molecule has 0 saturated heterocycles. The van der Waals surface area contributed by atoms with Gasteiger partial charge in [-0.15, -0.1) is 0 Å². The summed E-state index contributed by atoms with van der Waals surface area (Å²) in [4.78, 5) is 3.36. The van der Waals surface area contributed by atoms with Gasteiger partial charge in [-0.3, -0.25) is 0 Å². The van der Waals surface area contributed by atoms with E-state index in [0.717, 1.165) is 6.20 Å². The summed E-state index contributed by atoms with van der Waals surface area (Å²) in [5, 5.41) is 17.8. The number of halogens is 2. The van der Waals surface area contributed by atoms with Crippen molar-refractivity contribution in [2.45, 2.75) is 12.8 Å². The predicted octanol–water partition coefficient (Wildman–Crippen LogP) is 1.80. The lowest BCUT2D eigenvalue weighted by atomic mass is 10.1. The molecule has 1 aromatic heterocycles. The summed E-state index contributed by atoms with van der Waals surface area (Å²) in [6.07, 6.45) is -2.13. The third-order valence-corrected chi connectivity index (χ3v) is 1.81. The van der Waals surface area contributed by atoms with Crippen molar-refractivity contribution in [2.24, 2.45) is 0 Å². The molecule has 1 aromatic rings. The molecular formula is C9H8F2N2O2. The molecule has 0 aliphatic heterocycles. The van der Waals surface area contributed by atoms with Crippen molar-refractivity contribution in [1.29, 1.82) is 5.26 Å². The van der Waals surface area contributed by atoms with Crippen molar-refractivity contribution < 1.29 is 18.6 Å². The van der Waals surface area contributed by atoms with Crippen molar-refractivity contribution in [2.75, 3.05) is 7.11 Å². The van der Waals surface area contributed by atoms with Crippen LogP contribution in [0.1, 0.15) is 17.7 Å². The lowest BCUT2D eigenvalue weighted by Gasteiger charge is -2.11. The first-order valence-corrected chi connectivity index (χ1v) is 4.01. The van der Waals surface area contributed by atoms with Crippen LogP contribution in [0.3, 0.4) is 0 Å². The summed E-state index contributed by atoms with van der Waals surface area (Å²) < 4.78 is 29.6. The summed E-state index contributed by atoms with van der Waals surface area (Å²) in [5.41, 5.74) is -0.536. The number of alkyl halides is 2. The SMILES string of the molecule is COc1c(C(F)F)ncc(O)c1CC#N. The van der Waals surface area contributed by atoms with Crippen LogP contribution in [0.5, 0.6) is 11.5 Å². The second kappa shape index (κ2) is 4.55. The Morgan fingerprint density at radius 2 is 2.33 bits per heavy atom. The highest BCUT2D eigenvalue weighted by atomic mass is 19.3. The molecule has 0 bridgehead atoms. The number of nitrogens with zero attached hydrogens (tertiary/aromatic N) is 2. The second-order valence-electron chi connectivity index (χ2n) is 2.68. The van der Waals surface area contributed by atoms with Gasteiger partial charge in [0.1, 0.15) is 11.4 Å². The summed E-state index contributed by atoms with van der Waals surface area (Å²) in [5.74, 6) is -0.552. The number of rotatable bonds is 3. The zero-order chi connectivity index (χ0) is 11.4. The lowest BCUT2D eigenvalue weighted by Crippen LogP contribution is -2.01. The number of nitriles is 1. The summed E-state index contributed by atoms with van der Waals surface area (Å²) in [6.45, 7) is 0. The first kappa shape index (κ1) is 11.2.